The van der Waals surface area contributed by atoms with Gasteiger partial charge in [0.25, 0.3) is 0 Å². The lowest BCUT2D eigenvalue weighted by Crippen LogP contribution is -2.41. The van der Waals surface area contributed by atoms with E-state index in [1.165, 1.54) is 16.7 Å². The Kier molecular flexibility index (Phi) is 5.54. The molecule has 1 aliphatic heterocycles. The van der Waals surface area contributed by atoms with Crippen LogP contribution in [0.3, 0.4) is 0 Å². The molecule has 3 rings (SSSR count). The van der Waals surface area contributed by atoms with Crippen LogP contribution in [0, 0.1) is 11.3 Å². The number of carboxylic acids is 1. The summed E-state index contributed by atoms with van der Waals surface area (Å²) in [6.45, 7) is 0.457. The number of likely N-dealkylation sites (tertiary alicyclic amines) is 1. The summed E-state index contributed by atoms with van der Waals surface area (Å²) in [5.41, 5.74) is 2.05. The lowest BCUT2D eigenvalue weighted by atomic mass is 10.1. The molecule has 26 heavy (non-hydrogen) atoms. The van der Waals surface area contributed by atoms with Gasteiger partial charge in [0, 0.05) is 12.1 Å². The number of amides is 1. The minimum atomic E-state index is -0.970. The van der Waals surface area contributed by atoms with Crippen LogP contribution in [-0.2, 0) is 9.59 Å². The number of thioether (sulfide) groups is 1. The fourth-order valence-corrected chi connectivity index (χ4v) is 3.80. The number of carbonyl (C=O) groups is 2. The van der Waals surface area contributed by atoms with Gasteiger partial charge < -0.3 is 10.0 Å². The molecule has 2 heterocycles. The highest BCUT2D eigenvalue weighted by Crippen LogP contribution is 2.26. The van der Waals surface area contributed by atoms with E-state index in [1.54, 1.807) is 12.1 Å². The Morgan fingerprint density at radius 2 is 2.04 bits per heavy atom. The summed E-state index contributed by atoms with van der Waals surface area (Å²) < 4.78 is 0. The van der Waals surface area contributed by atoms with Crippen LogP contribution in [-0.4, -0.2) is 45.2 Å². The molecule has 1 aliphatic rings. The fourth-order valence-electron chi connectivity index (χ4n) is 2.94. The van der Waals surface area contributed by atoms with Gasteiger partial charge in [-0.2, -0.15) is 5.26 Å². The van der Waals surface area contributed by atoms with Crippen molar-refractivity contribution in [3.63, 3.8) is 0 Å². The summed E-state index contributed by atoms with van der Waals surface area (Å²) in [4.78, 5) is 29.6. The molecule has 1 N–H and O–H groups in total. The molecule has 0 aliphatic carbocycles. The molecule has 0 unspecified atom stereocenters. The smallest absolute Gasteiger partial charge is 0.326 e. The second-order valence-corrected chi connectivity index (χ2v) is 6.86. The SMILES string of the molecule is N#Cc1ccc(-c2ccccc2)nc1SCC(=O)N1CCC[C@H]1C(=O)O. The molecule has 2 aromatic rings. The average molecular weight is 367 g/mol. The zero-order valence-corrected chi connectivity index (χ0v) is 14.8. The van der Waals surface area contributed by atoms with Gasteiger partial charge in [-0.1, -0.05) is 42.1 Å². The topological polar surface area (TPSA) is 94.3 Å². The van der Waals surface area contributed by atoms with E-state index in [0.717, 1.165) is 11.3 Å². The fraction of sp³-hybridized carbons (Fsp3) is 0.263. The summed E-state index contributed by atoms with van der Waals surface area (Å²) >= 11 is 1.17. The van der Waals surface area contributed by atoms with Gasteiger partial charge in [0.1, 0.15) is 17.1 Å². The molecule has 1 aromatic heterocycles. The van der Waals surface area contributed by atoms with Crippen LogP contribution in [0.1, 0.15) is 18.4 Å². The number of aliphatic carboxylic acids is 1. The van der Waals surface area contributed by atoms with Crippen LogP contribution in [0.2, 0.25) is 0 Å². The highest BCUT2D eigenvalue weighted by Gasteiger charge is 2.33. The van der Waals surface area contributed by atoms with E-state index in [9.17, 15) is 20.0 Å². The van der Waals surface area contributed by atoms with Crippen LogP contribution in [0.15, 0.2) is 47.5 Å². The monoisotopic (exact) mass is 367 g/mol. The molecule has 0 radical (unpaired) electrons. The van der Waals surface area contributed by atoms with Gasteiger partial charge in [-0.25, -0.2) is 9.78 Å². The molecule has 6 nitrogen and oxygen atoms in total. The van der Waals surface area contributed by atoms with Crippen molar-refractivity contribution < 1.29 is 14.7 Å². The van der Waals surface area contributed by atoms with Crippen LogP contribution < -0.4 is 0 Å². The van der Waals surface area contributed by atoms with Gasteiger partial charge in [0.2, 0.25) is 5.91 Å². The first-order valence-electron chi connectivity index (χ1n) is 8.22. The normalized spacial score (nSPS) is 16.3. The molecule has 7 heteroatoms. The number of carboxylic acid groups (broad SMARTS) is 1. The number of aromatic nitrogens is 1. The molecular formula is C19H17N3O3S. The van der Waals surface area contributed by atoms with Crippen molar-refractivity contribution in [1.29, 1.82) is 5.26 Å². The van der Waals surface area contributed by atoms with Crippen molar-refractivity contribution in [1.82, 2.24) is 9.88 Å². The Labute approximate surface area is 155 Å². The summed E-state index contributed by atoms with van der Waals surface area (Å²) in [5.74, 6) is -1.15. The van der Waals surface area contributed by atoms with Gasteiger partial charge in [-0.15, -0.1) is 0 Å². The molecule has 1 saturated heterocycles. The highest BCUT2D eigenvalue weighted by atomic mass is 32.2. The largest absolute Gasteiger partial charge is 0.480 e. The second-order valence-electron chi connectivity index (χ2n) is 5.90. The van der Waals surface area contributed by atoms with E-state index < -0.39 is 12.0 Å². The van der Waals surface area contributed by atoms with Crippen LogP contribution >= 0.6 is 11.8 Å². The first kappa shape index (κ1) is 18.0. The molecular weight excluding hydrogens is 350 g/mol. The van der Waals surface area contributed by atoms with E-state index in [4.69, 9.17) is 0 Å². The summed E-state index contributed by atoms with van der Waals surface area (Å²) in [7, 11) is 0. The number of nitrogens with zero attached hydrogens (tertiary/aromatic N) is 3. The van der Waals surface area contributed by atoms with Crippen LogP contribution in [0.4, 0.5) is 0 Å². The van der Waals surface area contributed by atoms with Gasteiger partial charge in [0.15, 0.2) is 0 Å². The van der Waals surface area contributed by atoms with Crippen LogP contribution in [0.5, 0.6) is 0 Å². The average Bonchev–Trinajstić information content (AvgIpc) is 3.17. The van der Waals surface area contributed by atoms with Crippen LogP contribution in [0.25, 0.3) is 11.3 Å². The quantitative estimate of drug-likeness (QED) is 0.817. The molecule has 1 fully saturated rings. The Hall–Kier alpha value is -2.85. The zero-order chi connectivity index (χ0) is 18.5. The Bertz CT molecular complexity index is 864. The minimum absolute atomic E-state index is 0.0592. The zero-order valence-electron chi connectivity index (χ0n) is 14.0. The lowest BCUT2D eigenvalue weighted by molar-refractivity contribution is -0.147. The second kappa shape index (κ2) is 8.02. The lowest BCUT2D eigenvalue weighted by Gasteiger charge is -2.21. The maximum absolute atomic E-state index is 12.4. The van der Waals surface area contributed by atoms with Gasteiger partial charge >= 0.3 is 5.97 Å². The standard InChI is InChI=1S/C19H17N3O3S/c20-11-14-8-9-15(13-5-2-1-3-6-13)21-18(14)26-12-17(23)22-10-4-7-16(22)19(24)25/h1-3,5-6,8-9,16H,4,7,10,12H2,(H,24,25)/t16-/m0/s1. The van der Waals surface area contributed by atoms with Crippen molar-refractivity contribution in [3.8, 4) is 17.3 Å². The number of pyridine rings is 1. The summed E-state index contributed by atoms with van der Waals surface area (Å²) in [6.07, 6.45) is 1.18. The molecule has 1 atom stereocenters. The van der Waals surface area contributed by atoms with Crippen molar-refractivity contribution >= 4 is 23.6 Å². The van der Waals surface area contributed by atoms with Gasteiger partial charge in [-0.05, 0) is 25.0 Å². The maximum atomic E-state index is 12.4. The Balaban J connectivity index is 1.76. The maximum Gasteiger partial charge on any atom is 0.326 e. The summed E-state index contributed by atoms with van der Waals surface area (Å²) in [5, 5.41) is 19.0. The van der Waals surface area contributed by atoms with Crippen molar-refractivity contribution in [2.75, 3.05) is 12.3 Å². The van der Waals surface area contributed by atoms with E-state index in [2.05, 4.69) is 11.1 Å². The number of nitriles is 1. The Morgan fingerprint density at radius 3 is 2.73 bits per heavy atom. The molecule has 0 saturated carbocycles. The first-order valence-corrected chi connectivity index (χ1v) is 9.20. The third kappa shape index (κ3) is 3.86. The minimum Gasteiger partial charge on any atom is -0.480 e. The van der Waals surface area contributed by atoms with Gasteiger partial charge in [-0.3, -0.25) is 4.79 Å². The number of hydrogen-bond acceptors (Lipinski definition) is 5. The van der Waals surface area contributed by atoms with Crippen molar-refractivity contribution in [2.24, 2.45) is 0 Å². The summed E-state index contributed by atoms with van der Waals surface area (Å²) in [6, 6.07) is 14.4. The number of hydrogen-bond donors (Lipinski definition) is 1. The van der Waals surface area contributed by atoms with E-state index in [-0.39, 0.29) is 11.7 Å². The number of rotatable bonds is 5. The molecule has 132 valence electrons. The van der Waals surface area contributed by atoms with E-state index in [1.807, 2.05) is 30.3 Å². The third-order valence-electron chi connectivity index (χ3n) is 4.24. The Morgan fingerprint density at radius 1 is 1.27 bits per heavy atom. The molecule has 1 amide bonds. The van der Waals surface area contributed by atoms with Crippen molar-refractivity contribution in [2.45, 2.75) is 23.9 Å². The predicted octanol–water partition coefficient (Wildman–Crippen LogP) is 2.79. The third-order valence-corrected chi connectivity index (χ3v) is 5.22. The molecule has 0 spiro atoms. The number of benzene rings is 1. The van der Waals surface area contributed by atoms with E-state index >= 15 is 0 Å². The van der Waals surface area contributed by atoms with E-state index in [0.29, 0.717) is 30.0 Å². The number of carbonyl (C=O) groups excluding carboxylic acids is 1. The van der Waals surface area contributed by atoms with Gasteiger partial charge in [0.05, 0.1) is 17.0 Å². The molecule has 0 bridgehead atoms. The highest BCUT2D eigenvalue weighted by molar-refractivity contribution is 8.00. The van der Waals surface area contributed by atoms with Crippen molar-refractivity contribution in [3.05, 3.63) is 48.0 Å². The predicted molar refractivity (Wildman–Crippen MR) is 97.5 cm³/mol. The first-order chi connectivity index (χ1) is 12.6. The molecule has 1 aromatic carbocycles.